The normalized spacial score (nSPS) is 11.7. The second-order valence-electron chi connectivity index (χ2n) is 6.42. The van der Waals surface area contributed by atoms with Crippen LogP contribution in [-0.4, -0.2) is 26.3 Å². The van der Waals surface area contributed by atoms with Crippen LogP contribution in [0.15, 0.2) is 22.7 Å². The van der Waals surface area contributed by atoms with E-state index in [2.05, 4.69) is 20.3 Å². The molecule has 24 heavy (non-hydrogen) atoms. The van der Waals surface area contributed by atoms with Crippen LogP contribution in [-0.2, 0) is 16.8 Å². The fraction of sp³-hybridized carbons (Fsp3) is 0.375. The first-order valence-electron chi connectivity index (χ1n) is 7.45. The molecule has 3 aromatic heterocycles. The van der Waals surface area contributed by atoms with Crippen molar-refractivity contribution in [2.45, 2.75) is 39.7 Å². The van der Waals surface area contributed by atoms with Crippen molar-refractivity contribution < 1.29 is 14.1 Å². The lowest BCUT2D eigenvalue weighted by Gasteiger charge is -2.10. The number of ether oxygens (including phenoxy) is 1. The summed E-state index contributed by atoms with van der Waals surface area (Å²) in [6.07, 6.45) is 0. The third-order valence-corrected chi connectivity index (χ3v) is 4.29. The minimum atomic E-state index is -0.540. The van der Waals surface area contributed by atoms with Gasteiger partial charge in [0.15, 0.2) is 18.1 Å². The summed E-state index contributed by atoms with van der Waals surface area (Å²) in [5.74, 6) is 0.294. The Bertz CT molecular complexity index is 857. The topological polar surface area (TPSA) is 93.9 Å². The molecule has 3 aromatic rings. The highest BCUT2D eigenvalue weighted by Gasteiger charge is 2.22. The monoisotopic (exact) mass is 346 g/mol. The maximum Gasteiger partial charge on any atom is 0.359 e. The van der Waals surface area contributed by atoms with Crippen LogP contribution in [0.1, 0.15) is 47.9 Å². The van der Waals surface area contributed by atoms with E-state index < -0.39 is 5.97 Å². The van der Waals surface area contributed by atoms with Crippen LogP contribution in [0.3, 0.4) is 0 Å². The first-order chi connectivity index (χ1) is 11.3. The number of esters is 1. The van der Waals surface area contributed by atoms with Crippen LogP contribution in [0.4, 0.5) is 0 Å². The fourth-order valence-corrected chi connectivity index (χ4v) is 2.78. The molecule has 0 aliphatic heterocycles. The van der Waals surface area contributed by atoms with Gasteiger partial charge in [0, 0.05) is 10.3 Å². The van der Waals surface area contributed by atoms with Crippen LogP contribution in [0, 0.1) is 6.92 Å². The average molecular weight is 346 g/mol. The molecule has 0 spiro atoms. The predicted molar refractivity (Wildman–Crippen MR) is 88.8 cm³/mol. The van der Waals surface area contributed by atoms with Crippen LogP contribution >= 0.6 is 11.3 Å². The SMILES string of the molecule is Cc1ccc(-c2cc(C(=O)OCc3nc(C(C)(C)C)no3)n[nH]2)s1. The number of rotatable bonds is 4. The zero-order valence-electron chi connectivity index (χ0n) is 13.9. The Balaban J connectivity index is 1.63. The molecular weight excluding hydrogens is 328 g/mol. The summed E-state index contributed by atoms with van der Waals surface area (Å²) in [7, 11) is 0. The Kier molecular flexibility index (Phi) is 4.23. The average Bonchev–Trinajstić information content (AvgIpc) is 3.23. The molecule has 3 rings (SSSR count). The third-order valence-electron chi connectivity index (χ3n) is 3.26. The van der Waals surface area contributed by atoms with Crippen molar-refractivity contribution in [2.75, 3.05) is 0 Å². The molecule has 0 fully saturated rings. The van der Waals surface area contributed by atoms with E-state index in [1.54, 1.807) is 17.4 Å². The van der Waals surface area contributed by atoms with Crippen molar-refractivity contribution in [1.82, 2.24) is 20.3 Å². The van der Waals surface area contributed by atoms with Gasteiger partial charge in [0.2, 0.25) is 0 Å². The van der Waals surface area contributed by atoms with Crippen LogP contribution in [0.5, 0.6) is 0 Å². The molecule has 0 aromatic carbocycles. The number of aryl methyl sites for hydroxylation is 1. The summed E-state index contributed by atoms with van der Waals surface area (Å²) in [6, 6.07) is 5.66. The van der Waals surface area contributed by atoms with E-state index in [1.807, 2.05) is 39.8 Å². The maximum absolute atomic E-state index is 12.1. The first-order valence-corrected chi connectivity index (χ1v) is 8.27. The molecule has 1 N–H and O–H groups in total. The number of aromatic amines is 1. The van der Waals surface area contributed by atoms with Crippen molar-refractivity contribution in [3.63, 3.8) is 0 Å². The van der Waals surface area contributed by atoms with E-state index in [0.29, 0.717) is 5.82 Å². The second kappa shape index (κ2) is 6.20. The summed E-state index contributed by atoms with van der Waals surface area (Å²) >= 11 is 1.62. The number of thiophene rings is 1. The minimum absolute atomic E-state index is 0.0811. The van der Waals surface area contributed by atoms with Crippen molar-refractivity contribution in [1.29, 1.82) is 0 Å². The van der Waals surface area contributed by atoms with Gasteiger partial charge in [-0.2, -0.15) is 10.1 Å². The number of H-pyrrole nitrogens is 1. The molecule has 0 bridgehead atoms. The Morgan fingerprint density at radius 1 is 1.38 bits per heavy atom. The first kappa shape index (κ1) is 16.4. The van der Waals surface area contributed by atoms with E-state index in [1.165, 1.54) is 4.88 Å². The predicted octanol–water partition coefficient (Wildman–Crippen LogP) is 3.48. The molecule has 3 heterocycles. The molecule has 0 aliphatic rings. The quantitative estimate of drug-likeness (QED) is 0.727. The van der Waals surface area contributed by atoms with Gasteiger partial charge in [0.25, 0.3) is 5.89 Å². The number of carbonyl (C=O) groups excluding carboxylic acids is 1. The molecular formula is C16H18N4O3S. The van der Waals surface area contributed by atoms with Gasteiger partial charge in [-0.15, -0.1) is 11.3 Å². The van der Waals surface area contributed by atoms with Gasteiger partial charge < -0.3 is 9.26 Å². The molecule has 0 atom stereocenters. The highest BCUT2D eigenvalue weighted by Crippen LogP contribution is 2.26. The molecule has 0 radical (unpaired) electrons. The molecule has 0 amide bonds. The maximum atomic E-state index is 12.1. The van der Waals surface area contributed by atoms with E-state index in [-0.39, 0.29) is 23.6 Å². The molecule has 126 valence electrons. The lowest BCUT2D eigenvalue weighted by Crippen LogP contribution is -2.13. The van der Waals surface area contributed by atoms with Crippen molar-refractivity contribution in [2.24, 2.45) is 0 Å². The lowest BCUT2D eigenvalue weighted by molar-refractivity contribution is 0.0423. The zero-order valence-corrected chi connectivity index (χ0v) is 14.7. The van der Waals surface area contributed by atoms with E-state index >= 15 is 0 Å². The van der Waals surface area contributed by atoms with E-state index in [9.17, 15) is 4.79 Å². The van der Waals surface area contributed by atoms with Gasteiger partial charge in [-0.05, 0) is 25.1 Å². The van der Waals surface area contributed by atoms with Crippen molar-refractivity contribution >= 4 is 17.3 Å². The number of hydrogen-bond acceptors (Lipinski definition) is 7. The number of carbonyl (C=O) groups is 1. The number of nitrogens with one attached hydrogen (secondary N) is 1. The summed E-state index contributed by atoms with van der Waals surface area (Å²) in [5, 5.41) is 10.7. The largest absolute Gasteiger partial charge is 0.451 e. The van der Waals surface area contributed by atoms with Gasteiger partial charge in [-0.25, -0.2) is 4.79 Å². The Hall–Kier alpha value is -2.48. The van der Waals surface area contributed by atoms with Crippen LogP contribution in [0.25, 0.3) is 10.6 Å². The standard InChI is InChI=1S/C16H18N4O3S/c1-9-5-6-12(24-9)10-7-11(19-18-10)14(21)22-8-13-17-15(20-23-13)16(2,3)4/h5-7H,8H2,1-4H3,(H,18,19). The van der Waals surface area contributed by atoms with Crippen molar-refractivity contribution in [3.8, 4) is 10.6 Å². The van der Waals surface area contributed by atoms with Gasteiger partial charge >= 0.3 is 5.97 Å². The van der Waals surface area contributed by atoms with Gasteiger partial charge in [0.1, 0.15) is 0 Å². The van der Waals surface area contributed by atoms with Crippen LogP contribution < -0.4 is 0 Å². The number of hydrogen-bond donors (Lipinski definition) is 1. The molecule has 0 aliphatic carbocycles. The highest BCUT2D eigenvalue weighted by atomic mass is 32.1. The molecule has 7 nitrogen and oxygen atoms in total. The Morgan fingerprint density at radius 2 is 2.17 bits per heavy atom. The Morgan fingerprint density at radius 3 is 2.79 bits per heavy atom. The zero-order chi connectivity index (χ0) is 17.3. The summed E-state index contributed by atoms with van der Waals surface area (Å²) < 4.78 is 10.3. The van der Waals surface area contributed by atoms with Gasteiger partial charge in [-0.1, -0.05) is 25.9 Å². The second-order valence-corrected chi connectivity index (χ2v) is 7.70. The minimum Gasteiger partial charge on any atom is -0.451 e. The molecule has 0 saturated carbocycles. The molecule has 8 heteroatoms. The van der Waals surface area contributed by atoms with Crippen molar-refractivity contribution in [3.05, 3.63) is 40.5 Å². The Labute approximate surface area is 143 Å². The summed E-state index contributed by atoms with van der Waals surface area (Å²) in [4.78, 5) is 18.5. The van der Waals surface area contributed by atoms with Gasteiger partial charge in [0.05, 0.1) is 10.6 Å². The molecule has 0 saturated heterocycles. The fourth-order valence-electron chi connectivity index (χ4n) is 1.95. The van der Waals surface area contributed by atoms with Crippen LogP contribution in [0.2, 0.25) is 0 Å². The van der Waals surface area contributed by atoms with E-state index in [0.717, 1.165) is 10.6 Å². The number of nitrogens with zero attached hydrogens (tertiary/aromatic N) is 3. The lowest BCUT2D eigenvalue weighted by atomic mass is 9.96. The highest BCUT2D eigenvalue weighted by molar-refractivity contribution is 7.15. The van der Waals surface area contributed by atoms with E-state index in [4.69, 9.17) is 9.26 Å². The molecule has 0 unspecified atom stereocenters. The summed E-state index contributed by atoms with van der Waals surface area (Å²) in [6.45, 7) is 7.87. The smallest absolute Gasteiger partial charge is 0.359 e. The van der Waals surface area contributed by atoms with Gasteiger partial charge in [-0.3, -0.25) is 5.10 Å². The third kappa shape index (κ3) is 3.53. The number of aromatic nitrogens is 4. The summed E-state index contributed by atoms with van der Waals surface area (Å²) in [5.41, 5.74) is 0.779.